The van der Waals surface area contributed by atoms with E-state index in [-0.39, 0.29) is 18.9 Å². The van der Waals surface area contributed by atoms with Crippen LogP contribution in [0.1, 0.15) is 24.5 Å². The van der Waals surface area contributed by atoms with E-state index in [2.05, 4.69) is 37.2 Å². The van der Waals surface area contributed by atoms with Gasteiger partial charge in [-0.05, 0) is 79.7 Å². The predicted molar refractivity (Wildman–Crippen MR) is 103 cm³/mol. The number of carbonyl (C=O) groups is 2. The average molecular weight is 489 g/mol. The maximum atomic E-state index is 13.7. The highest BCUT2D eigenvalue weighted by atomic mass is 79.9. The molecule has 8 heteroatoms. The van der Waals surface area contributed by atoms with Crippen molar-refractivity contribution in [2.45, 2.75) is 26.4 Å². The minimum absolute atomic E-state index is 0.0360. The summed E-state index contributed by atoms with van der Waals surface area (Å²) in [6, 6.07) is 7.77. The first kappa shape index (κ1) is 20.4. The van der Waals surface area contributed by atoms with Gasteiger partial charge in [-0.15, -0.1) is 0 Å². The molecule has 2 aromatic rings. The van der Waals surface area contributed by atoms with Crippen LogP contribution in [0.5, 0.6) is 5.75 Å². The Morgan fingerprint density at radius 2 is 1.77 bits per heavy atom. The summed E-state index contributed by atoms with van der Waals surface area (Å²) in [7, 11) is 0. The molecule has 0 bridgehead atoms. The Kier molecular flexibility index (Phi) is 7.16. The van der Waals surface area contributed by atoms with Crippen LogP contribution in [-0.2, 0) is 22.6 Å². The van der Waals surface area contributed by atoms with E-state index in [0.717, 1.165) is 5.56 Å². The van der Waals surface area contributed by atoms with Crippen molar-refractivity contribution in [2.24, 2.45) is 0 Å². The first-order valence-electron chi connectivity index (χ1n) is 7.64. The zero-order valence-electron chi connectivity index (χ0n) is 13.8. The van der Waals surface area contributed by atoms with Gasteiger partial charge in [0.2, 0.25) is 5.91 Å². The normalized spacial score (nSPS) is 10.5. The highest BCUT2D eigenvalue weighted by Gasteiger charge is 2.11. The van der Waals surface area contributed by atoms with Crippen LogP contribution in [0.2, 0.25) is 0 Å². The fraction of sp³-hybridized carbons (Fsp3) is 0.222. The van der Waals surface area contributed by atoms with Crippen molar-refractivity contribution in [1.82, 2.24) is 0 Å². The summed E-state index contributed by atoms with van der Waals surface area (Å²) in [6.07, 6.45) is 0.436. The molecule has 0 atom stereocenters. The lowest BCUT2D eigenvalue weighted by molar-refractivity contribution is -0.137. The zero-order chi connectivity index (χ0) is 19.3. The summed E-state index contributed by atoms with van der Waals surface area (Å²) in [5, 5.41) is 11.3. The minimum Gasteiger partial charge on any atom is -0.487 e. The van der Waals surface area contributed by atoms with E-state index in [1.807, 2.05) is 0 Å². The van der Waals surface area contributed by atoms with Crippen LogP contribution in [0.15, 0.2) is 39.3 Å². The molecule has 0 saturated heterocycles. The predicted octanol–water partition coefficient (Wildman–Crippen LogP) is 4.91. The van der Waals surface area contributed by atoms with E-state index < -0.39 is 11.8 Å². The third kappa shape index (κ3) is 6.10. The van der Waals surface area contributed by atoms with Crippen molar-refractivity contribution in [3.05, 3.63) is 56.2 Å². The quantitative estimate of drug-likeness (QED) is 0.580. The summed E-state index contributed by atoms with van der Waals surface area (Å²) in [5.74, 6) is -1.10. The van der Waals surface area contributed by atoms with Crippen molar-refractivity contribution in [1.29, 1.82) is 0 Å². The zero-order valence-corrected chi connectivity index (χ0v) is 17.0. The highest BCUT2D eigenvalue weighted by molar-refractivity contribution is 9.11. The molecule has 0 fully saturated rings. The summed E-state index contributed by atoms with van der Waals surface area (Å²) in [4.78, 5) is 21.8. The van der Waals surface area contributed by atoms with Crippen molar-refractivity contribution in [3.8, 4) is 5.75 Å². The van der Waals surface area contributed by atoms with Crippen molar-refractivity contribution in [3.63, 3.8) is 0 Å². The van der Waals surface area contributed by atoms with E-state index >= 15 is 0 Å². The smallest absolute Gasteiger partial charge is 0.303 e. The molecule has 0 unspecified atom stereocenters. The van der Waals surface area contributed by atoms with Crippen LogP contribution in [0.25, 0.3) is 0 Å². The molecule has 0 saturated carbocycles. The van der Waals surface area contributed by atoms with Gasteiger partial charge in [0.25, 0.3) is 0 Å². The number of rotatable bonds is 7. The van der Waals surface area contributed by atoms with Crippen LogP contribution in [0.3, 0.4) is 0 Å². The maximum absolute atomic E-state index is 13.7. The van der Waals surface area contributed by atoms with Crippen LogP contribution in [0.4, 0.5) is 10.1 Å². The molecule has 5 nitrogen and oxygen atoms in total. The van der Waals surface area contributed by atoms with Crippen molar-refractivity contribution in [2.75, 3.05) is 5.32 Å². The Hall–Kier alpha value is -1.93. The number of nitrogens with one attached hydrogen (secondary N) is 1. The Balaban J connectivity index is 2.13. The first-order chi connectivity index (χ1) is 12.2. The van der Waals surface area contributed by atoms with E-state index in [1.165, 1.54) is 19.1 Å². The molecule has 138 valence electrons. The third-order valence-corrected chi connectivity index (χ3v) is 4.52. The Labute approximate surface area is 166 Å². The molecule has 0 aliphatic carbocycles. The standard InChI is InChI=1S/C18H16Br2FNO4/c1-10(23)22-14-5-12(4-13(21)8-14)9-26-18-15(19)6-11(7-16(18)20)2-3-17(24)25/h4-8H,2-3,9H2,1H3,(H,22,23)(H,24,25). The summed E-state index contributed by atoms with van der Waals surface area (Å²) in [5.41, 5.74) is 1.76. The van der Waals surface area contributed by atoms with Crippen molar-refractivity contribution >= 4 is 49.4 Å². The van der Waals surface area contributed by atoms with Gasteiger partial charge in [-0.25, -0.2) is 4.39 Å². The molecule has 2 rings (SSSR count). The number of aryl methyl sites for hydroxylation is 1. The van der Waals surface area contributed by atoms with Gasteiger partial charge in [-0.3, -0.25) is 9.59 Å². The highest BCUT2D eigenvalue weighted by Crippen LogP contribution is 2.35. The number of ether oxygens (including phenoxy) is 1. The minimum atomic E-state index is -0.862. The molecule has 2 aromatic carbocycles. The second-order valence-corrected chi connectivity index (χ2v) is 7.31. The van der Waals surface area contributed by atoms with Crippen LogP contribution >= 0.6 is 31.9 Å². The van der Waals surface area contributed by atoms with E-state index in [4.69, 9.17) is 9.84 Å². The fourth-order valence-corrected chi connectivity index (χ4v) is 3.82. The molecule has 0 spiro atoms. The first-order valence-corrected chi connectivity index (χ1v) is 9.23. The third-order valence-electron chi connectivity index (χ3n) is 3.35. The number of carbonyl (C=O) groups excluding carboxylic acids is 1. The topological polar surface area (TPSA) is 75.6 Å². The number of aliphatic carboxylic acids is 1. The van der Waals surface area contributed by atoms with Gasteiger partial charge < -0.3 is 15.2 Å². The second kappa shape index (κ2) is 9.14. The molecular weight excluding hydrogens is 473 g/mol. The monoisotopic (exact) mass is 487 g/mol. The SMILES string of the molecule is CC(=O)Nc1cc(F)cc(COc2c(Br)cc(CCC(=O)O)cc2Br)c1. The van der Waals surface area contributed by atoms with Gasteiger partial charge in [0.15, 0.2) is 0 Å². The summed E-state index contributed by atoms with van der Waals surface area (Å²) in [6.45, 7) is 1.44. The molecule has 0 aliphatic heterocycles. The molecule has 1 amide bonds. The van der Waals surface area contributed by atoms with E-state index in [1.54, 1.807) is 18.2 Å². The lowest BCUT2D eigenvalue weighted by atomic mass is 10.1. The van der Waals surface area contributed by atoms with Crippen LogP contribution in [-0.4, -0.2) is 17.0 Å². The van der Waals surface area contributed by atoms with Crippen molar-refractivity contribution < 1.29 is 23.8 Å². The number of benzene rings is 2. The lowest BCUT2D eigenvalue weighted by Gasteiger charge is -2.13. The van der Waals surface area contributed by atoms with Gasteiger partial charge in [-0.2, -0.15) is 0 Å². The fourth-order valence-electron chi connectivity index (χ4n) is 2.31. The molecular formula is C18H16Br2FNO4. The van der Waals surface area contributed by atoms with Gasteiger partial charge in [0, 0.05) is 19.0 Å². The molecule has 0 aliphatic rings. The van der Waals surface area contributed by atoms with Gasteiger partial charge in [-0.1, -0.05) is 0 Å². The molecule has 26 heavy (non-hydrogen) atoms. The summed E-state index contributed by atoms with van der Waals surface area (Å²) >= 11 is 6.81. The number of halogens is 3. The Bertz CT molecular complexity index is 819. The molecule has 0 heterocycles. The largest absolute Gasteiger partial charge is 0.487 e. The number of anilines is 1. The number of hydrogen-bond acceptors (Lipinski definition) is 3. The molecule has 0 radical (unpaired) electrons. The number of carboxylic acids is 1. The summed E-state index contributed by atoms with van der Waals surface area (Å²) < 4.78 is 20.8. The van der Waals surface area contributed by atoms with E-state index in [0.29, 0.717) is 32.4 Å². The number of carboxylic acid groups (broad SMARTS) is 1. The maximum Gasteiger partial charge on any atom is 0.303 e. The van der Waals surface area contributed by atoms with Gasteiger partial charge in [0.05, 0.1) is 8.95 Å². The Morgan fingerprint density at radius 1 is 1.12 bits per heavy atom. The van der Waals surface area contributed by atoms with Crippen LogP contribution < -0.4 is 10.1 Å². The molecule has 2 N–H and O–H groups in total. The molecule has 0 aromatic heterocycles. The number of hydrogen-bond donors (Lipinski definition) is 2. The number of amides is 1. The Morgan fingerprint density at radius 3 is 2.35 bits per heavy atom. The van der Waals surface area contributed by atoms with E-state index in [9.17, 15) is 14.0 Å². The van der Waals surface area contributed by atoms with Gasteiger partial charge in [0.1, 0.15) is 18.2 Å². The second-order valence-electron chi connectivity index (χ2n) is 5.60. The van der Waals surface area contributed by atoms with Crippen LogP contribution in [0, 0.1) is 5.82 Å². The lowest BCUT2D eigenvalue weighted by Crippen LogP contribution is -2.07. The average Bonchev–Trinajstić information content (AvgIpc) is 2.50. The van der Waals surface area contributed by atoms with Gasteiger partial charge >= 0.3 is 5.97 Å².